The zero-order valence-corrected chi connectivity index (χ0v) is 27.0. The third-order valence-corrected chi connectivity index (χ3v) is 11.4. The van der Waals surface area contributed by atoms with Crippen molar-refractivity contribution in [3.05, 3.63) is 120 Å². The summed E-state index contributed by atoms with van der Waals surface area (Å²) >= 11 is 9.13. The second-order valence-corrected chi connectivity index (χ2v) is 14.2. The maximum atomic E-state index is 14.0. The lowest BCUT2D eigenvalue weighted by Crippen LogP contribution is -2.33. The Labute approximate surface area is 271 Å². The van der Waals surface area contributed by atoms with E-state index in [-0.39, 0.29) is 29.1 Å². The maximum absolute atomic E-state index is 14.0. The Hall–Kier alpha value is -3.51. The molecule has 2 aliphatic heterocycles. The number of fused-ring (bicyclic) bond motifs is 3. The van der Waals surface area contributed by atoms with Crippen molar-refractivity contribution >= 4 is 94.8 Å². The number of amides is 3. The number of carbonyl (C=O) groups is 3. The number of aromatic nitrogens is 1. The molecule has 43 heavy (non-hydrogen) atoms. The van der Waals surface area contributed by atoms with Gasteiger partial charge in [0.05, 0.1) is 16.6 Å². The van der Waals surface area contributed by atoms with E-state index in [0.29, 0.717) is 21.3 Å². The van der Waals surface area contributed by atoms with Gasteiger partial charge in [-0.25, -0.2) is 4.90 Å². The second-order valence-electron chi connectivity index (χ2n) is 10.3. The first-order valence-electron chi connectivity index (χ1n) is 13.4. The molecule has 2 aliphatic rings. The molecule has 0 saturated carbocycles. The smallest absolute Gasteiger partial charge is 0.308 e. The zero-order valence-electron chi connectivity index (χ0n) is 22.2. The van der Waals surface area contributed by atoms with Crippen molar-refractivity contribution in [1.29, 1.82) is 0 Å². The van der Waals surface area contributed by atoms with E-state index in [9.17, 15) is 19.2 Å². The predicted molar refractivity (Wildman–Crippen MR) is 177 cm³/mol. The number of halogens is 2. The fourth-order valence-electron chi connectivity index (χ4n) is 5.80. The molecule has 0 bridgehead atoms. The van der Waals surface area contributed by atoms with Gasteiger partial charge in [-0.15, -0.1) is 0 Å². The van der Waals surface area contributed by atoms with Gasteiger partial charge < -0.3 is 5.32 Å². The van der Waals surface area contributed by atoms with Gasteiger partial charge in [-0.3, -0.25) is 23.7 Å². The summed E-state index contributed by atoms with van der Waals surface area (Å²) in [5.74, 6) is -2.21. The van der Waals surface area contributed by atoms with Gasteiger partial charge in [0.15, 0.2) is 0 Å². The van der Waals surface area contributed by atoms with Crippen molar-refractivity contribution in [2.24, 2.45) is 5.92 Å². The molecule has 1 saturated heterocycles. The number of thioether (sulfide) groups is 1. The van der Waals surface area contributed by atoms with Crippen molar-refractivity contribution in [3.63, 3.8) is 0 Å². The van der Waals surface area contributed by atoms with Crippen LogP contribution >= 0.6 is 55.0 Å². The Bertz CT molecular complexity index is 1980. The second kappa shape index (κ2) is 11.2. The average molecular weight is 735 g/mol. The summed E-state index contributed by atoms with van der Waals surface area (Å²) in [5, 5.41) is 4.65. The van der Waals surface area contributed by atoms with Crippen LogP contribution in [0.1, 0.15) is 16.4 Å². The third kappa shape index (κ3) is 4.98. The highest BCUT2D eigenvalue weighted by molar-refractivity contribution is 9.10. The van der Waals surface area contributed by atoms with Crippen LogP contribution in [0.2, 0.25) is 0 Å². The molecule has 3 unspecified atom stereocenters. The molecule has 4 aromatic carbocycles. The minimum atomic E-state index is -0.751. The quantitative estimate of drug-likeness (QED) is 0.196. The third-order valence-electron chi connectivity index (χ3n) is 7.73. The molecular weight excluding hydrogens is 714 g/mol. The molecule has 0 radical (unpaired) electrons. The first kappa shape index (κ1) is 28.3. The number of imide groups is 1. The minimum Gasteiger partial charge on any atom is -0.324 e. The molecule has 5 aromatic rings. The molecule has 11 heteroatoms. The van der Waals surface area contributed by atoms with Crippen molar-refractivity contribution in [3.8, 4) is 0 Å². The van der Waals surface area contributed by atoms with Gasteiger partial charge >= 0.3 is 4.87 Å². The first-order valence-corrected chi connectivity index (χ1v) is 16.6. The van der Waals surface area contributed by atoms with Gasteiger partial charge in [0.25, 0.3) is 0 Å². The molecule has 1 N–H and O–H groups in total. The topological polar surface area (TPSA) is 88.5 Å². The maximum Gasteiger partial charge on any atom is 0.308 e. The lowest BCUT2D eigenvalue weighted by atomic mass is 9.83. The summed E-state index contributed by atoms with van der Waals surface area (Å²) in [6.45, 7) is -0.218. The molecule has 7 rings (SSSR count). The molecular formula is C32H21Br2N3O4S2. The van der Waals surface area contributed by atoms with Gasteiger partial charge in [-0.2, -0.15) is 0 Å². The Morgan fingerprint density at radius 3 is 2.23 bits per heavy atom. The normalized spacial score (nSPS) is 19.4. The van der Waals surface area contributed by atoms with E-state index in [1.54, 1.807) is 24.3 Å². The van der Waals surface area contributed by atoms with Crippen LogP contribution < -0.4 is 15.1 Å². The summed E-state index contributed by atoms with van der Waals surface area (Å²) in [6, 6.07) is 28.1. The molecule has 3 atom stereocenters. The lowest BCUT2D eigenvalue weighted by Gasteiger charge is -2.30. The highest BCUT2D eigenvalue weighted by atomic mass is 79.9. The van der Waals surface area contributed by atoms with Gasteiger partial charge in [0.1, 0.15) is 11.8 Å². The monoisotopic (exact) mass is 733 g/mol. The largest absolute Gasteiger partial charge is 0.324 e. The van der Waals surface area contributed by atoms with E-state index >= 15 is 0 Å². The minimum absolute atomic E-state index is 0.218. The molecule has 0 spiro atoms. The van der Waals surface area contributed by atoms with E-state index < -0.39 is 17.1 Å². The number of thiazole rings is 1. The molecule has 1 aromatic heterocycles. The van der Waals surface area contributed by atoms with Crippen LogP contribution in [-0.2, 0) is 20.9 Å². The Kier molecular flexibility index (Phi) is 7.37. The van der Waals surface area contributed by atoms with E-state index in [1.165, 1.54) is 21.2 Å². The van der Waals surface area contributed by atoms with Crippen LogP contribution in [0.25, 0.3) is 10.8 Å². The fourth-order valence-corrected chi connectivity index (χ4v) is 9.10. The number of nitrogens with one attached hydrogen (secondary N) is 1. The van der Waals surface area contributed by atoms with Crippen molar-refractivity contribution in [2.45, 2.75) is 22.7 Å². The fraction of sp³-hybridized carbons (Fsp3) is 0.125. The van der Waals surface area contributed by atoms with Crippen molar-refractivity contribution in [1.82, 2.24) is 4.57 Å². The van der Waals surface area contributed by atoms with E-state index in [4.69, 9.17) is 0 Å². The van der Waals surface area contributed by atoms with Crippen molar-refractivity contribution in [2.75, 3.05) is 10.2 Å². The number of benzene rings is 4. The molecule has 3 heterocycles. The van der Waals surface area contributed by atoms with Gasteiger partial charge in [0, 0.05) is 30.8 Å². The first-order chi connectivity index (χ1) is 20.8. The Morgan fingerprint density at radius 1 is 0.814 bits per heavy atom. The number of rotatable bonds is 5. The summed E-state index contributed by atoms with van der Waals surface area (Å²) < 4.78 is 3.15. The van der Waals surface area contributed by atoms with Crippen LogP contribution in [0.3, 0.4) is 0 Å². The number of hydrogen-bond donors (Lipinski definition) is 1. The molecule has 0 aliphatic carbocycles. The molecule has 214 valence electrons. The average Bonchev–Trinajstić information content (AvgIpc) is 3.44. The molecule has 3 amide bonds. The summed E-state index contributed by atoms with van der Waals surface area (Å²) in [6.07, 6.45) is 0. The predicted octanol–water partition coefficient (Wildman–Crippen LogP) is 7.02. The standard InChI is InChI=1S/C32H21Br2N3O4S2/c33-19-10-8-18(9-11-19)25-26-27(30(40)37(29(26)39)21-14-12-20(34)13-15-21)42-31-28(25)43-32(41)36(31)16-24(38)35-23-7-3-5-17-4-1-2-6-22(17)23/h1-15,25-27H,16H2,(H,35,38). The van der Waals surface area contributed by atoms with E-state index in [1.807, 2.05) is 66.7 Å². The SMILES string of the molecule is O=C(Cn1c2c(sc1=O)C(c1ccc(Br)cc1)C1C(=O)N(c3ccc(Br)cc3)C(=O)C1S2)Nc1cccc2ccccc12. The summed E-state index contributed by atoms with van der Waals surface area (Å²) in [7, 11) is 0. The van der Waals surface area contributed by atoms with Gasteiger partial charge in [0.2, 0.25) is 17.7 Å². The molecule has 1 fully saturated rings. The summed E-state index contributed by atoms with van der Waals surface area (Å²) in [5.41, 5.74) is 1.98. The van der Waals surface area contributed by atoms with Crippen LogP contribution in [0.5, 0.6) is 0 Å². The summed E-state index contributed by atoms with van der Waals surface area (Å²) in [4.78, 5) is 56.3. The van der Waals surface area contributed by atoms with Crippen LogP contribution in [0.4, 0.5) is 11.4 Å². The van der Waals surface area contributed by atoms with E-state index in [2.05, 4.69) is 37.2 Å². The Balaban J connectivity index is 1.28. The van der Waals surface area contributed by atoms with Gasteiger partial charge in [-0.05, 0) is 53.4 Å². The van der Waals surface area contributed by atoms with Crippen LogP contribution in [-0.4, -0.2) is 27.5 Å². The van der Waals surface area contributed by atoms with Crippen LogP contribution in [0, 0.1) is 5.92 Å². The van der Waals surface area contributed by atoms with Gasteiger partial charge in [-0.1, -0.05) is 103 Å². The number of carbonyl (C=O) groups excluding carboxylic acids is 3. The zero-order chi connectivity index (χ0) is 29.8. The number of anilines is 2. The Morgan fingerprint density at radius 2 is 1.49 bits per heavy atom. The highest BCUT2D eigenvalue weighted by Crippen LogP contribution is 2.54. The number of nitrogens with zero attached hydrogens (tertiary/aromatic N) is 2. The molecule has 7 nitrogen and oxygen atoms in total. The highest BCUT2D eigenvalue weighted by Gasteiger charge is 2.56. The number of hydrogen-bond acceptors (Lipinski definition) is 6. The van der Waals surface area contributed by atoms with Crippen LogP contribution in [0.15, 0.2) is 110 Å². The lowest BCUT2D eigenvalue weighted by molar-refractivity contribution is -0.122. The van der Waals surface area contributed by atoms with Crippen molar-refractivity contribution < 1.29 is 14.4 Å². The van der Waals surface area contributed by atoms with E-state index in [0.717, 1.165) is 36.6 Å².